The fourth-order valence-corrected chi connectivity index (χ4v) is 8.96. The van der Waals surface area contributed by atoms with E-state index in [2.05, 4.69) is 267 Å². The van der Waals surface area contributed by atoms with Crippen LogP contribution >= 0.6 is 0 Å². The van der Waals surface area contributed by atoms with Crippen LogP contribution in [0.4, 0.5) is 0 Å². The first-order valence-corrected chi connectivity index (χ1v) is 22.6. The van der Waals surface area contributed by atoms with Gasteiger partial charge in [-0.05, 0) is 57.7 Å². The lowest BCUT2D eigenvalue weighted by Crippen LogP contribution is -2.43. The molecular formula is C62H46B2N2. The smallest absolute Gasteiger partial charge is 0.242 e. The molecule has 4 heteroatoms. The summed E-state index contributed by atoms with van der Waals surface area (Å²) in [5.41, 5.74) is 18.3. The molecule has 66 heavy (non-hydrogen) atoms. The van der Waals surface area contributed by atoms with E-state index in [0.717, 1.165) is 44.8 Å². The Morgan fingerprint density at radius 3 is 0.758 bits per heavy atom. The van der Waals surface area contributed by atoms with Crippen LogP contribution in [0.5, 0.6) is 0 Å². The number of rotatable bonds is 13. The number of aromatic nitrogens is 2. The molecule has 0 aliphatic rings. The molecule has 0 saturated carbocycles. The molecule has 0 spiro atoms. The summed E-state index contributed by atoms with van der Waals surface area (Å²) in [7, 11) is 0. The highest BCUT2D eigenvalue weighted by Gasteiger charge is 2.26. The Balaban J connectivity index is 0.872. The van der Waals surface area contributed by atoms with Gasteiger partial charge in [0.25, 0.3) is 0 Å². The van der Waals surface area contributed by atoms with Crippen molar-refractivity contribution in [2.24, 2.45) is 0 Å². The van der Waals surface area contributed by atoms with E-state index >= 15 is 0 Å². The summed E-state index contributed by atoms with van der Waals surface area (Å²) < 4.78 is 0. The van der Waals surface area contributed by atoms with E-state index in [-0.39, 0.29) is 13.4 Å². The second kappa shape index (κ2) is 20.0. The lowest BCUT2D eigenvalue weighted by Gasteiger charge is -2.19. The summed E-state index contributed by atoms with van der Waals surface area (Å²) in [5.74, 6) is 0. The van der Waals surface area contributed by atoms with Gasteiger partial charge in [0, 0.05) is 23.5 Å². The Kier molecular flexibility index (Phi) is 12.6. The maximum Gasteiger partial charge on any atom is 0.242 e. The molecule has 0 aliphatic carbocycles. The van der Waals surface area contributed by atoms with Crippen LogP contribution < -0.4 is 21.9 Å². The molecule has 2 heterocycles. The van der Waals surface area contributed by atoms with Gasteiger partial charge in [-0.25, -0.2) is 0 Å². The maximum atomic E-state index is 4.99. The van der Waals surface area contributed by atoms with Gasteiger partial charge in [-0.3, -0.25) is 9.97 Å². The summed E-state index contributed by atoms with van der Waals surface area (Å²) in [5, 5.41) is 0. The van der Waals surface area contributed by atoms with Crippen molar-refractivity contribution >= 4 is 58.4 Å². The second-order valence-electron chi connectivity index (χ2n) is 16.5. The fourth-order valence-electron chi connectivity index (χ4n) is 8.96. The quantitative estimate of drug-likeness (QED) is 0.108. The predicted molar refractivity (Wildman–Crippen MR) is 283 cm³/mol. The van der Waals surface area contributed by atoms with E-state index in [9.17, 15) is 0 Å². The number of hydrogen-bond donors (Lipinski definition) is 0. The Morgan fingerprint density at radius 2 is 0.500 bits per heavy atom. The highest BCUT2D eigenvalue weighted by Crippen LogP contribution is 2.29. The third kappa shape index (κ3) is 9.60. The standard InChI is InChI=1S/C62H46B2N2/c1-7-19-51(20-8-1)61(63(55-23-11-3-12-24-55)56-25-13-4-14-26-56)43-59-41-39-53(45-65-59)49-35-31-47(32-36-49)48-33-37-50(38-34-48)54-40-42-60(66-46-54)44-62(52-21-9-2-10-22-52)64(57-27-15-5-16-28-57)58-29-17-6-18-30-58/h1-46H/b61-43-,62-44-. The third-order valence-corrected chi connectivity index (χ3v) is 12.3. The van der Waals surface area contributed by atoms with Crippen molar-refractivity contribution in [3.63, 3.8) is 0 Å². The molecule has 2 aromatic heterocycles. The molecule has 0 fully saturated rings. The van der Waals surface area contributed by atoms with Crippen molar-refractivity contribution in [3.05, 3.63) is 290 Å². The zero-order valence-electron chi connectivity index (χ0n) is 36.6. The fraction of sp³-hybridized carbons (Fsp3) is 0. The zero-order valence-corrected chi connectivity index (χ0v) is 36.6. The van der Waals surface area contributed by atoms with Gasteiger partial charge in [-0.1, -0.05) is 275 Å². The second-order valence-corrected chi connectivity index (χ2v) is 16.5. The molecule has 0 saturated heterocycles. The van der Waals surface area contributed by atoms with Crippen molar-refractivity contribution < 1.29 is 0 Å². The number of pyridine rings is 2. The van der Waals surface area contributed by atoms with Crippen molar-refractivity contribution in [3.8, 4) is 33.4 Å². The summed E-state index contributed by atoms with van der Waals surface area (Å²) in [6.07, 6.45) is 8.46. The van der Waals surface area contributed by atoms with Gasteiger partial charge in [0.1, 0.15) is 0 Å². The molecular weight excluding hydrogens is 794 g/mol. The molecule has 8 aromatic carbocycles. The van der Waals surface area contributed by atoms with Crippen LogP contribution in [0.3, 0.4) is 0 Å². The van der Waals surface area contributed by atoms with Crippen molar-refractivity contribution in [2.45, 2.75) is 0 Å². The topological polar surface area (TPSA) is 25.8 Å². The Bertz CT molecular complexity index is 2860. The Labute approximate surface area is 389 Å². The largest absolute Gasteiger partial charge is 0.256 e. The van der Waals surface area contributed by atoms with Gasteiger partial charge in [0.15, 0.2) is 0 Å². The zero-order chi connectivity index (χ0) is 44.3. The number of hydrogen-bond acceptors (Lipinski definition) is 2. The van der Waals surface area contributed by atoms with E-state index < -0.39 is 0 Å². The van der Waals surface area contributed by atoms with Crippen LogP contribution in [0.1, 0.15) is 22.5 Å². The predicted octanol–water partition coefficient (Wildman–Crippen LogP) is 12.3. The van der Waals surface area contributed by atoms with Crippen LogP contribution in [0, 0.1) is 0 Å². The molecule has 0 aliphatic heterocycles. The first kappa shape index (κ1) is 41.7. The maximum absolute atomic E-state index is 4.99. The van der Waals surface area contributed by atoms with Gasteiger partial charge in [0.05, 0.1) is 11.4 Å². The number of benzene rings is 8. The molecule has 0 bridgehead atoms. The molecule has 10 aromatic rings. The van der Waals surface area contributed by atoms with Crippen molar-refractivity contribution in [1.82, 2.24) is 9.97 Å². The van der Waals surface area contributed by atoms with Crippen molar-refractivity contribution in [2.75, 3.05) is 0 Å². The van der Waals surface area contributed by atoms with E-state index in [1.165, 1.54) is 43.9 Å². The normalized spacial score (nSPS) is 11.5. The lowest BCUT2D eigenvalue weighted by atomic mass is 9.35. The highest BCUT2D eigenvalue weighted by molar-refractivity contribution is 7.01. The Hall–Kier alpha value is -8.33. The SMILES string of the molecule is C(=C(/B(c1ccccc1)c1ccccc1)c1ccccc1)/c1ccc(-c2ccc(-c3ccc(-c4ccc(/C=C(\B(c5ccccc5)c5ccccc5)c5ccccc5)nc4)cc3)cc2)cn1. The van der Waals surface area contributed by atoms with Crippen LogP contribution in [0.2, 0.25) is 0 Å². The minimum Gasteiger partial charge on any atom is -0.256 e. The summed E-state index contributed by atoms with van der Waals surface area (Å²) >= 11 is 0. The molecule has 0 amide bonds. The highest BCUT2D eigenvalue weighted by atomic mass is 14.7. The molecule has 0 unspecified atom stereocenters. The van der Waals surface area contributed by atoms with E-state index in [1.54, 1.807) is 0 Å². The first-order valence-electron chi connectivity index (χ1n) is 22.6. The van der Waals surface area contributed by atoms with Gasteiger partial charge in [-0.2, -0.15) is 0 Å². The summed E-state index contributed by atoms with van der Waals surface area (Å²) in [6.45, 7) is 0.103. The number of nitrogens with zero attached hydrogens (tertiary/aromatic N) is 2. The molecule has 2 nitrogen and oxygen atoms in total. The average molecular weight is 841 g/mol. The molecule has 10 rings (SSSR count). The monoisotopic (exact) mass is 840 g/mol. The van der Waals surface area contributed by atoms with Gasteiger partial charge < -0.3 is 0 Å². The average Bonchev–Trinajstić information content (AvgIpc) is 3.40. The third-order valence-electron chi connectivity index (χ3n) is 12.3. The minimum atomic E-state index is 0.0513. The molecule has 0 N–H and O–H groups in total. The summed E-state index contributed by atoms with van der Waals surface area (Å²) in [4.78, 5) is 9.98. The molecule has 310 valence electrons. The molecule has 0 radical (unpaired) electrons. The molecule has 0 atom stereocenters. The van der Waals surface area contributed by atoms with E-state index in [4.69, 9.17) is 9.97 Å². The lowest BCUT2D eigenvalue weighted by molar-refractivity contribution is 1.30. The summed E-state index contributed by atoms with van der Waals surface area (Å²) in [6, 6.07) is 90.5. The Morgan fingerprint density at radius 1 is 0.258 bits per heavy atom. The van der Waals surface area contributed by atoms with Crippen LogP contribution in [-0.2, 0) is 0 Å². The van der Waals surface area contributed by atoms with Crippen LogP contribution in [0.15, 0.2) is 267 Å². The van der Waals surface area contributed by atoms with Gasteiger partial charge in [-0.15, -0.1) is 0 Å². The minimum absolute atomic E-state index is 0.0513. The van der Waals surface area contributed by atoms with E-state index in [1.807, 2.05) is 12.4 Å². The van der Waals surface area contributed by atoms with Gasteiger partial charge in [0.2, 0.25) is 13.4 Å². The van der Waals surface area contributed by atoms with Gasteiger partial charge >= 0.3 is 0 Å². The van der Waals surface area contributed by atoms with E-state index in [0.29, 0.717) is 0 Å². The van der Waals surface area contributed by atoms with Crippen molar-refractivity contribution in [1.29, 1.82) is 0 Å². The van der Waals surface area contributed by atoms with Crippen LogP contribution in [0.25, 0.3) is 56.5 Å². The van der Waals surface area contributed by atoms with Crippen LogP contribution in [-0.4, -0.2) is 23.4 Å². The first-order chi connectivity index (χ1) is 32.7.